The molecule has 4 N–H and O–H groups in total. The summed E-state index contributed by atoms with van der Waals surface area (Å²) in [7, 11) is 0. The molecule has 0 spiro atoms. The number of hydrogen-bond acceptors (Lipinski definition) is 2. The normalized spacial score (nSPS) is 11.8. The molecule has 2 aromatic carbocycles. The Kier molecular flexibility index (Phi) is 4.97. The van der Waals surface area contributed by atoms with Crippen molar-refractivity contribution in [1.82, 2.24) is 0 Å². The third-order valence-electron chi connectivity index (χ3n) is 2.77. The van der Waals surface area contributed by atoms with Crippen LogP contribution in [0.5, 0.6) is 0 Å². The Labute approximate surface area is 131 Å². The zero-order valence-corrected chi connectivity index (χ0v) is 13.2. The Balaban J connectivity index is 2.01. The van der Waals surface area contributed by atoms with Gasteiger partial charge in [-0.2, -0.15) is 0 Å². The van der Waals surface area contributed by atoms with E-state index in [1.807, 2.05) is 55.5 Å². The maximum atomic E-state index is 11.9. The SMILES string of the molecule is CC(N)c1cccc(NC(=O)Nc2ccc(I)cc2)c1. The highest BCUT2D eigenvalue weighted by molar-refractivity contribution is 14.1. The number of nitrogens with two attached hydrogens (primary N) is 1. The van der Waals surface area contributed by atoms with Crippen LogP contribution >= 0.6 is 22.6 Å². The quantitative estimate of drug-likeness (QED) is 0.705. The zero-order valence-electron chi connectivity index (χ0n) is 11.1. The molecule has 0 saturated heterocycles. The molecule has 2 amide bonds. The van der Waals surface area contributed by atoms with Gasteiger partial charge in [0.1, 0.15) is 0 Å². The van der Waals surface area contributed by atoms with Crippen molar-refractivity contribution < 1.29 is 4.79 Å². The van der Waals surface area contributed by atoms with Crippen LogP contribution in [0.2, 0.25) is 0 Å². The van der Waals surface area contributed by atoms with Crippen molar-refractivity contribution in [3.8, 4) is 0 Å². The number of nitrogens with one attached hydrogen (secondary N) is 2. The lowest BCUT2D eigenvalue weighted by molar-refractivity contribution is 0.262. The summed E-state index contributed by atoms with van der Waals surface area (Å²) in [6.07, 6.45) is 0. The van der Waals surface area contributed by atoms with E-state index in [0.717, 1.165) is 20.5 Å². The number of anilines is 2. The summed E-state index contributed by atoms with van der Waals surface area (Å²) >= 11 is 2.22. The van der Waals surface area contributed by atoms with Crippen LogP contribution in [0.25, 0.3) is 0 Å². The van der Waals surface area contributed by atoms with E-state index in [0.29, 0.717) is 0 Å². The second-order valence-corrected chi connectivity index (χ2v) is 5.75. The first-order valence-corrected chi connectivity index (χ1v) is 7.31. The molecule has 2 aromatic rings. The number of rotatable bonds is 3. The van der Waals surface area contributed by atoms with Crippen LogP contribution in [-0.4, -0.2) is 6.03 Å². The molecular weight excluding hydrogens is 365 g/mol. The smallest absolute Gasteiger partial charge is 0.323 e. The van der Waals surface area contributed by atoms with Crippen LogP contribution in [0.1, 0.15) is 18.5 Å². The Morgan fingerprint density at radius 3 is 2.40 bits per heavy atom. The number of urea groups is 1. The van der Waals surface area contributed by atoms with Crippen molar-refractivity contribution in [3.05, 3.63) is 57.7 Å². The molecule has 0 aromatic heterocycles. The van der Waals surface area contributed by atoms with Gasteiger partial charge >= 0.3 is 6.03 Å². The highest BCUT2D eigenvalue weighted by Crippen LogP contribution is 2.16. The highest BCUT2D eigenvalue weighted by Gasteiger charge is 2.05. The first-order chi connectivity index (χ1) is 9.54. The van der Waals surface area contributed by atoms with E-state index in [1.165, 1.54) is 0 Å². The van der Waals surface area contributed by atoms with Gasteiger partial charge < -0.3 is 16.4 Å². The lowest BCUT2D eigenvalue weighted by Crippen LogP contribution is -2.19. The van der Waals surface area contributed by atoms with Gasteiger partial charge in [-0.15, -0.1) is 0 Å². The summed E-state index contributed by atoms with van der Waals surface area (Å²) in [4.78, 5) is 11.9. The molecule has 0 saturated carbocycles. The third kappa shape index (κ3) is 4.21. The first-order valence-electron chi connectivity index (χ1n) is 6.24. The number of benzene rings is 2. The summed E-state index contributed by atoms with van der Waals surface area (Å²) < 4.78 is 1.12. The van der Waals surface area contributed by atoms with E-state index in [4.69, 9.17) is 5.73 Å². The number of amides is 2. The minimum atomic E-state index is -0.270. The van der Waals surface area contributed by atoms with E-state index in [9.17, 15) is 4.79 Å². The van der Waals surface area contributed by atoms with Gasteiger partial charge in [-0.25, -0.2) is 4.79 Å². The number of carbonyl (C=O) groups is 1. The standard InChI is InChI=1S/C15H16IN3O/c1-10(17)11-3-2-4-14(9-11)19-15(20)18-13-7-5-12(16)6-8-13/h2-10H,17H2,1H3,(H2,18,19,20). The average molecular weight is 381 g/mol. The van der Waals surface area contributed by atoms with Gasteiger partial charge in [-0.05, 0) is 71.5 Å². The summed E-state index contributed by atoms with van der Waals surface area (Å²) in [5, 5.41) is 5.57. The molecule has 0 aliphatic rings. The first kappa shape index (κ1) is 14.8. The number of carbonyl (C=O) groups excluding carboxylic acids is 1. The molecule has 1 unspecified atom stereocenters. The van der Waals surface area contributed by atoms with Crippen LogP contribution in [0.3, 0.4) is 0 Å². The predicted molar refractivity (Wildman–Crippen MR) is 90.8 cm³/mol. The molecule has 2 rings (SSSR count). The van der Waals surface area contributed by atoms with Gasteiger partial charge in [0, 0.05) is 21.0 Å². The van der Waals surface area contributed by atoms with Crippen molar-refractivity contribution in [2.75, 3.05) is 10.6 Å². The minimum absolute atomic E-state index is 0.0593. The van der Waals surface area contributed by atoms with Crippen LogP contribution in [0.15, 0.2) is 48.5 Å². The molecule has 4 nitrogen and oxygen atoms in total. The summed E-state index contributed by atoms with van der Waals surface area (Å²) in [5.41, 5.74) is 8.29. The van der Waals surface area contributed by atoms with Crippen LogP contribution < -0.4 is 16.4 Å². The molecule has 0 aliphatic heterocycles. The average Bonchev–Trinajstić information content (AvgIpc) is 2.41. The van der Waals surface area contributed by atoms with E-state index >= 15 is 0 Å². The molecule has 1 atom stereocenters. The van der Waals surface area contributed by atoms with Crippen LogP contribution in [0.4, 0.5) is 16.2 Å². The molecule has 0 aliphatic carbocycles. The van der Waals surface area contributed by atoms with E-state index < -0.39 is 0 Å². The Morgan fingerprint density at radius 1 is 1.10 bits per heavy atom. The monoisotopic (exact) mass is 381 g/mol. The van der Waals surface area contributed by atoms with E-state index in [2.05, 4.69) is 33.2 Å². The van der Waals surface area contributed by atoms with Gasteiger partial charge in [0.15, 0.2) is 0 Å². The molecule has 20 heavy (non-hydrogen) atoms. The zero-order chi connectivity index (χ0) is 14.5. The summed E-state index contributed by atoms with van der Waals surface area (Å²) in [6.45, 7) is 1.91. The molecule has 104 valence electrons. The van der Waals surface area contributed by atoms with Crippen LogP contribution in [-0.2, 0) is 0 Å². The lowest BCUT2D eigenvalue weighted by atomic mass is 10.1. The van der Waals surface area contributed by atoms with Crippen molar-refractivity contribution in [2.24, 2.45) is 5.73 Å². The van der Waals surface area contributed by atoms with Gasteiger partial charge in [-0.1, -0.05) is 12.1 Å². The Bertz CT molecular complexity index is 596. The molecule has 5 heteroatoms. The van der Waals surface area contributed by atoms with Crippen molar-refractivity contribution in [3.63, 3.8) is 0 Å². The Morgan fingerprint density at radius 2 is 1.75 bits per heavy atom. The van der Waals surface area contributed by atoms with Crippen molar-refractivity contribution >= 4 is 40.0 Å². The van der Waals surface area contributed by atoms with Crippen LogP contribution in [0, 0.1) is 3.57 Å². The van der Waals surface area contributed by atoms with Gasteiger partial charge in [-0.3, -0.25) is 0 Å². The maximum Gasteiger partial charge on any atom is 0.323 e. The molecule has 0 bridgehead atoms. The lowest BCUT2D eigenvalue weighted by Gasteiger charge is -2.10. The number of hydrogen-bond donors (Lipinski definition) is 3. The van der Waals surface area contributed by atoms with E-state index in [1.54, 1.807) is 0 Å². The van der Waals surface area contributed by atoms with Gasteiger partial charge in [0.25, 0.3) is 0 Å². The fourth-order valence-corrected chi connectivity index (χ4v) is 2.09. The molecule has 0 heterocycles. The fraction of sp³-hybridized carbons (Fsp3) is 0.133. The Hall–Kier alpha value is -1.60. The van der Waals surface area contributed by atoms with Gasteiger partial charge in [0.2, 0.25) is 0 Å². The number of halogens is 1. The maximum absolute atomic E-state index is 11.9. The summed E-state index contributed by atoms with van der Waals surface area (Å²) in [5.74, 6) is 0. The largest absolute Gasteiger partial charge is 0.324 e. The molecule has 0 radical (unpaired) electrons. The third-order valence-corrected chi connectivity index (χ3v) is 3.49. The molecular formula is C15H16IN3O. The minimum Gasteiger partial charge on any atom is -0.324 e. The fourth-order valence-electron chi connectivity index (χ4n) is 1.73. The second kappa shape index (κ2) is 6.71. The predicted octanol–water partition coefficient (Wildman–Crippen LogP) is 3.95. The second-order valence-electron chi connectivity index (χ2n) is 4.50. The van der Waals surface area contributed by atoms with Crippen molar-refractivity contribution in [1.29, 1.82) is 0 Å². The van der Waals surface area contributed by atoms with Crippen molar-refractivity contribution in [2.45, 2.75) is 13.0 Å². The van der Waals surface area contributed by atoms with E-state index in [-0.39, 0.29) is 12.1 Å². The topological polar surface area (TPSA) is 67.1 Å². The highest BCUT2D eigenvalue weighted by atomic mass is 127. The summed E-state index contributed by atoms with van der Waals surface area (Å²) in [6, 6.07) is 14.8. The molecule has 0 fully saturated rings. The van der Waals surface area contributed by atoms with Gasteiger partial charge in [0.05, 0.1) is 0 Å².